The van der Waals surface area contributed by atoms with Crippen LogP contribution in [0.25, 0.3) is 0 Å². The van der Waals surface area contributed by atoms with Crippen LogP contribution in [-0.4, -0.2) is 44.4 Å². The molecule has 0 unspecified atom stereocenters. The standard InChI is InChI=1S/C11H17N3O2/c1-4-8-5-9(13(3)12-8)10(15)14-6-11(2,16)7-14/h5,16H,4,6-7H2,1-3H3. The Labute approximate surface area is 94.7 Å². The Kier molecular flexibility index (Phi) is 2.50. The molecule has 1 N–H and O–H groups in total. The third kappa shape index (κ3) is 1.82. The lowest BCUT2D eigenvalue weighted by molar-refractivity contribution is -0.0672. The third-order valence-electron chi connectivity index (χ3n) is 2.86. The first-order chi connectivity index (χ1) is 7.43. The topological polar surface area (TPSA) is 58.4 Å². The number of nitrogens with zero attached hydrogens (tertiary/aromatic N) is 3. The number of hydrogen-bond acceptors (Lipinski definition) is 3. The average molecular weight is 223 g/mol. The van der Waals surface area contributed by atoms with Gasteiger partial charge in [0.15, 0.2) is 0 Å². The molecule has 0 spiro atoms. The highest BCUT2D eigenvalue weighted by Crippen LogP contribution is 2.22. The zero-order valence-corrected chi connectivity index (χ0v) is 9.90. The van der Waals surface area contributed by atoms with Crippen LogP contribution < -0.4 is 0 Å². The van der Waals surface area contributed by atoms with Crippen LogP contribution in [0.2, 0.25) is 0 Å². The zero-order chi connectivity index (χ0) is 11.9. The minimum Gasteiger partial charge on any atom is -0.386 e. The molecular weight excluding hydrogens is 206 g/mol. The second-order valence-electron chi connectivity index (χ2n) is 4.66. The summed E-state index contributed by atoms with van der Waals surface area (Å²) in [5.41, 5.74) is 0.785. The van der Waals surface area contributed by atoms with Crippen LogP contribution in [0.5, 0.6) is 0 Å². The van der Waals surface area contributed by atoms with E-state index in [0.717, 1.165) is 12.1 Å². The van der Waals surface area contributed by atoms with E-state index < -0.39 is 5.60 Å². The Hall–Kier alpha value is -1.36. The fraction of sp³-hybridized carbons (Fsp3) is 0.636. The predicted molar refractivity (Wildman–Crippen MR) is 59.1 cm³/mol. The van der Waals surface area contributed by atoms with E-state index in [9.17, 15) is 9.90 Å². The van der Waals surface area contributed by atoms with Crippen LogP contribution in [0.4, 0.5) is 0 Å². The first-order valence-corrected chi connectivity index (χ1v) is 5.47. The van der Waals surface area contributed by atoms with Crippen LogP contribution >= 0.6 is 0 Å². The highest BCUT2D eigenvalue weighted by molar-refractivity contribution is 5.93. The van der Waals surface area contributed by atoms with Gasteiger partial charge in [-0.05, 0) is 19.4 Å². The fourth-order valence-corrected chi connectivity index (χ4v) is 1.98. The molecule has 0 saturated carbocycles. The third-order valence-corrected chi connectivity index (χ3v) is 2.86. The highest BCUT2D eigenvalue weighted by Gasteiger charge is 2.40. The van der Waals surface area contributed by atoms with Gasteiger partial charge < -0.3 is 10.0 Å². The van der Waals surface area contributed by atoms with Gasteiger partial charge >= 0.3 is 0 Å². The summed E-state index contributed by atoms with van der Waals surface area (Å²) in [7, 11) is 1.77. The molecule has 16 heavy (non-hydrogen) atoms. The van der Waals surface area contributed by atoms with Crippen LogP contribution in [-0.2, 0) is 13.5 Å². The first-order valence-electron chi connectivity index (χ1n) is 5.47. The van der Waals surface area contributed by atoms with E-state index in [2.05, 4.69) is 5.10 Å². The number of likely N-dealkylation sites (tertiary alicyclic amines) is 1. The second-order valence-corrected chi connectivity index (χ2v) is 4.66. The van der Waals surface area contributed by atoms with Crippen molar-refractivity contribution in [3.8, 4) is 0 Å². The van der Waals surface area contributed by atoms with Crippen LogP contribution in [0.1, 0.15) is 30.0 Å². The van der Waals surface area contributed by atoms with Gasteiger partial charge in [0.05, 0.1) is 24.4 Å². The molecule has 2 rings (SSSR count). The minimum absolute atomic E-state index is 0.0544. The Morgan fingerprint density at radius 3 is 2.69 bits per heavy atom. The number of aliphatic hydroxyl groups is 1. The molecule has 0 radical (unpaired) electrons. The lowest BCUT2D eigenvalue weighted by Gasteiger charge is -2.43. The molecule has 1 amide bonds. The lowest BCUT2D eigenvalue weighted by Crippen LogP contribution is -2.61. The molecule has 1 aliphatic rings. The Morgan fingerprint density at radius 1 is 1.62 bits per heavy atom. The number of aromatic nitrogens is 2. The van der Waals surface area contributed by atoms with E-state index in [4.69, 9.17) is 0 Å². The van der Waals surface area contributed by atoms with Gasteiger partial charge in [0, 0.05) is 7.05 Å². The number of carbonyl (C=O) groups is 1. The Balaban J connectivity index is 2.13. The minimum atomic E-state index is -0.720. The van der Waals surface area contributed by atoms with E-state index in [0.29, 0.717) is 18.8 Å². The van der Waals surface area contributed by atoms with Crippen molar-refractivity contribution >= 4 is 5.91 Å². The number of carbonyl (C=O) groups excluding carboxylic acids is 1. The van der Waals surface area contributed by atoms with Crippen molar-refractivity contribution in [1.82, 2.24) is 14.7 Å². The summed E-state index contributed by atoms with van der Waals surface area (Å²) in [6.45, 7) is 4.54. The number of rotatable bonds is 2. The summed E-state index contributed by atoms with van der Waals surface area (Å²) in [5, 5.41) is 13.8. The van der Waals surface area contributed by atoms with Gasteiger partial charge in [0.2, 0.25) is 0 Å². The van der Waals surface area contributed by atoms with E-state index >= 15 is 0 Å². The van der Waals surface area contributed by atoms with Crippen LogP contribution in [0.3, 0.4) is 0 Å². The molecule has 1 saturated heterocycles. The summed E-state index contributed by atoms with van der Waals surface area (Å²) < 4.78 is 1.61. The molecule has 0 aliphatic carbocycles. The van der Waals surface area contributed by atoms with Crippen molar-refractivity contribution in [1.29, 1.82) is 0 Å². The normalized spacial score (nSPS) is 18.4. The predicted octanol–water partition coefficient (Wildman–Crippen LogP) is 0.189. The van der Waals surface area contributed by atoms with Crippen molar-refractivity contribution < 1.29 is 9.90 Å². The Morgan fingerprint density at radius 2 is 2.25 bits per heavy atom. The quantitative estimate of drug-likeness (QED) is 0.778. The van der Waals surface area contributed by atoms with Crippen molar-refractivity contribution in [3.63, 3.8) is 0 Å². The molecular formula is C11H17N3O2. The summed E-state index contributed by atoms with van der Waals surface area (Å²) >= 11 is 0. The number of aryl methyl sites for hydroxylation is 2. The van der Waals surface area contributed by atoms with Crippen molar-refractivity contribution in [2.24, 2.45) is 7.05 Å². The number of amides is 1. The zero-order valence-electron chi connectivity index (χ0n) is 9.90. The molecule has 0 atom stereocenters. The molecule has 5 nitrogen and oxygen atoms in total. The number of hydrogen-bond donors (Lipinski definition) is 1. The molecule has 2 heterocycles. The molecule has 1 aliphatic heterocycles. The summed E-state index contributed by atoms with van der Waals surface area (Å²) in [6, 6.07) is 1.81. The molecule has 88 valence electrons. The average Bonchev–Trinajstić information content (AvgIpc) is 2.55. The van der Waals surface area contributed by atoms with E-state index in [1.165, 1.54) is 0 Å². The molecule has 1 aromatic heterocycles. The van der Waals surface area contributed by atoms with Gasteiger partial charge in [-0.15, -0.1) is 0 Å². The SMILES string of the molecule is CCc1cc(C(=O)N2CC(C)(O)C2)n(C)n1. The second kappa shape index (κ2) is 3.59. The lowest BCUT2D eigenvalue weighted by atomic mass is 9.96. The summed E-state index contributed by atoms with van der Waals surface area (Å²) in [4.78, 5) is 13.7. The summed E-state index contributed by atoms with van der Waals surface area (Å²) in [6.07, 6.45) is 0.818. The monoisotopic (exact) mass is 223 g/mol. The van der Waals surface area contributed by atoms with Crippen molar-refractivity contribution in [2.45, 2.75) is 25.9 Å². The van der Waals surface area contributed by atoms with E-state index in [1.54, 1.807) is 23.6 Å². The van der Waals surface area contributed by atoms with Gasteiger partial charge in [0.25, 0.3) is 5.91 Å². The van der Waals surface area contributed by atoms with E-state index in [1.807, 2.05) is 13.0 Å². The molecule has 0 bridgehead atoms. The van der Waals surface area contributed by atoms with Gasteiger partial charge in [-0.2, -0.15) is 5.10 Å². The maximum atomic E-state index is 12.0. The van der Waals surface area contributed by atoms with Crippen molar-refractivity contribution in [3.05, 3.63) is 17.5 Å². The Bertz CT molecular complexity index is 415. The smallest absolute Gasteiger partial charge is 0.272 e. The first kappa shape index (κ1) is 11.1. The van der Waals surface area contributed by atoms with Crippen molar-refractivity contribution in [2.75, 3.05) is 13.1 Å². The highest BCUT2D eigenvalue weighted by atomic mass is 16.3. The molecule has 1 fully saturated rings. The largest absolute Gasteiger partial charge is 0.386 e. The van der Waals surface area contributed by atoms with Gasteiger partial charge in [-0.1, -0.05) is 6.92 Å². The van der Waals surface area contributed by atoms with Crippen LogP contribution in [0.15, 0.2) is 6.07 Å². The van der Waals surface area contributed by atoms with Gasteiger partial charge in [0.1, 0.15) is 5.69 Å². The fourth-order valence-electron chi connectivity index (χ4n) is 1.98. The maximum Gasteiger partial charge on any atom is 0.272 e. The molecule has 5 heteroatoms. The molecule has 1 aromatic rings. The summed E-state index contributed by atoms with van der Waals surface area (Å²) in [5.74, 6) is -0.0544. The van der Waals surface area contributed by atoms with E-state index in [-0.39, 0.29) is 5.91 Å². The maximum absolute atomic E-state index is 12.0. The molecule has 0 aromatic carbocycles. The van der Waals surface area contributed by atoms with Gasteiger partial charge in [-0.25, -0.2) is 0 Å². The number of β-amino-alcohol motifs (C(OH)–C–C–N with tert-alkyl or cyclic N) is 1. The van der Waals surface area contributed by atoms with Crippen LogP contribution in [0, 0.1) is 0 Å². The van der Waals surface area contributed by atoms with Gasteiger partial charge in [-0.3, -0.25) is 9.48 Å².